The lowest BCUT2D eigenvalue weighted by atomic mass is 9.99. The molecule has 6 nitrogen and oxygen atoms in total. The predicted octanol–water partition coefficient (Wildman–Crippen LogP) is 5.27. The third kappa shape index (κ3) is 5.60. The summed E-state index contributed by atoms with van der Waals surface area (Å²) in [5.41, 5.74) is 7.33. The molecular weight excluding hydrogens is 475 g/mol. The summed E-state index contributed by atoms with van der Waals surface area (Å²) >= 11 is 1.75. The second-order valence-corrected chi connectivity index (χ2v) is 10.0. The minimum absolute atomic E-state index is 0.0241. The molecule has 0 atom stereocenters. The van der Waals surface area contributed by atoms with Gasteiger partial charge in [-0.3, -0.25) is 14.5 Å². The molecule has 0 aliphatic carbocycles. The van der Waals surface area contributed by atoms with Gasteiger partial charge in [0, 0.05) is 54.9 Å². The molecule has 2 heterocycles. The fraction of sp³-hybridized carbons (Fsp3) is 0.357. The Bertz CT molecular complexity index is 1170. The maximum absolute atomic E-state index is 15.3. The van der Waals surface area contributed by atoms with Crippen molar-refractivity contribution in [2.24, 2.45) is 5.73 Å². The summed E-state index contributed by atoms with van der Waals surface area (Å²) in [6.07, 6.45) is 1.61. The van der Waals surface area contributed by atoms with Crippen molar-refractivity contribution in [1.82, 2.24) is 9.80 Å². The summed E-state index contributed by atoms with van der Waals surface area (Å²) in [6.45, 7) is 7.78. The third-order valence-corrected chi connectivity index (χ3v) is 7.68. The largest absolute Gasteiger partial charge is 0.366 e. The highest BCUT2D eigenvalue weighted by Crippen LogP contribution is 2.36. The molecular formula is C28H33FN4O2S. The summed E-state index contributed by atoms with van der Waals surface area (Å²) in [5, 5.41) is 2.09. The number of halogens is 1. The average Bonchev–Trinajstić information content (AvgIpc) is 3.40. The number of anilines is 2. The number of primary amides is 1. The van der Waals surface area contributed by atoms with Crippen LogP contribution >= 0.6 is 11.3 Å². The van der Waals surface area contributed by atoms with Gasteiger partial charge in [0.15, 0.2) is 0 Å². The van der Waals surface area contributed by atoms with Crippen LogP contribution in [0.25, 0.3) is 0 Å². The number of likely N-dealkylation sites (tertiary alicyclic amines) is 1. The summed E-state index contributed by atoms with van der Waals surface area (Å²) in [6, 6.07) is 15.8. The number of para-hydroxylation sites is 1. The number of hydrogen-bond acceptors (Lipinski definition) is 5. The smallest absolute Gasteiger partial charge is 0.253 e. The summed E-state index contributed by atoms with van der Waals surface area (Å²) in [4.78, 5) is 32.5. The maximum atomic E-state index is 15.3. The average molecular weight is 509 g/mol. The topological polar surface area (TPSA) is 69.9 Å². The van der Waals surface area contributed by atoms with Gasteiger partial charge < -0.3 is 15.5 Å². The van der Waals surface area contributed by atoms with Crippen LogP contribution in [0.3, 0.4) is 0 Å². The first kappa shape index (κ1) is 25.9. The Kier molecular flexibility index (Phi) is 8.38. The van der Waals surface area contributed by atoms with Crippen molar-refractivity contribution in [2.45, 2.75) is 39.3 Å². The third-order valence-electron chi connectivity index (χ3n) is 6.82. The van der Waals surface area contributed by atoms with Gasteiger partial charge in [-0.2, -0.15) is 0 Å². The standard InChI is InChI=1S/C28H33FN4O2S/c1-3-32(4-2)28(35)20-10-12-21(13-11-20)33(26-24(27(30)34)8-5-9-25(26)29)22-14-16-31(17-15-22)19-23-7-6-18-36-23/h5-13,18,22H,3-4,14-17,19H2,1-2H3,(H2,30,34). The molecule has 3 aromatic rings. The first-order chi connectivity index (χ1) is 17.4. The van der Waals surface area contributed by atoms with Gasteiger partial charge in [0.2, 0.25) is 0 Å². The van der Waals surface area contributed by atoms with Crippen molar-refractivity contribution in [3.8, 4) is 0 Å². The molecule has 4 rings (SSSR count). The van der Waals surface area contributed by atoms with Gasteiger partial charge in [0.1, 0.15) is 5.82 Å². The van der Waals surface area contributed by atoms with Gasteiger partial charge in [-0.1, -0.05) is 12.1 Å². The van der Waals surface area contributed by atoms with Crippen molar-refractivity contribution in [1.29, 1.82) is 0 Å². The monoisotopic (exact) mass is 508 g/mol. The van der Waals surface area contributed by atoms with Gasteiger partial charge in [-0.05, 0) is 74.5 Å². The lowest BCUT2D eigenvalue weighted by Gasteiger charge is -2.40. The minimum atomic E-state index is -0.669. The van der Waals surface area contributed by atoms with Crippen LogP contribution in [0.4, 0.5) is 15.8 Å². The summed E-state index contributed by atoms with van der Waals surface area (Å²) in [5.74, 6) is -1.20. The zero-order valence-electron chi connectivity index (χ0n) is 20.8. The zero-order valence-corrected chi connectivity index (χ0v) is 21.6. The fourth-order valence-electron chi connectivity index (χ4n) is 4.90. The SMILES string of the molecule is CCN(CC)C(=O)c1ccc(N(c2c(F)cccc2C(N)=O)C2CCN(Cc3cccs3)CC2)cc1. The van der Waals surface area contributed by atoms with Crippen LogP contribution in [0.15, 0.2) is 60.0 Å². The summed E-state index contributed by atoms with van der Waals surface area (Å²) in [7, 11) is 0. The molecule has 1 fully saturated rings. The van der Waals surface area contributed by atoms with Crippen LogP contribution in [-0.4, -0.2) is 53.8 Å². The van der Waals surface area contributed by atoms with Crippen LogP contribution in [0.5, 0.6) is 0 Å². The first-order valence-corrected chi connectivity index (χ1v) is 13.3. The van der Waals surface area contributed by atoms with Crippen LogP contribution in [0.2, 0.25) is 0 Å². The first-order valence-electron chi connectivity index (χ1n) is 12.4. The lowest BCUT2D eigenvalue weighted by Crippen LogP contribution is -2.43. The summed E-state index contributed by atoms with van der Waals surface area (Å²) < 4.78 is 15.3. The van der Waals surface area contributed by atoms with Crippen LogP contribution in [-0.2, 0) is 6.54 Å². The molecule has 1 aliphatic heterocycles. The fourth-order valence-corrected chi connectivity index (χ4v) is 5.64. The van der Waals surface area contributed by atoms with Crippen molar-refractivity contribution >= 4 is 34.5 Å². The number of amides is 2. The van der Waals surface area contributed by atoms with Gasteiger partial charge in [0.25, 0.3) is 11.8 Å². The zero-order chi connectivity index (χ0) is 25.7. The molecule has 2 amide bonds. The molecule has 8 heteroatoms. The van der Waals surface area contributed by atoms with Gasteiger partial charge >= 0.3 is 0 Å². The second kappa shape index (κ2) is 11.7. The number of piperidine rings is 1. The van der Waals surface area contributed by atoms with Crippen LogP contribution < -0.4 is 10.6 Å². The highest BCUT2D eigenvalue weighted by molar-refractivity contribution is 7.09. The number of nitrogens with two attached hydrogens (primary N) is 1. The molecule has 36 heavy (non-hydrogen) atoms. The van der Waals surface area contributed by atoms with E-state index in [4.69, 9.17) is 5.73 Å². The highest BCUT2D eigenvalue weighted by atomic mass is 32.1. The maximum Gasteiger partial charge on any atom is 0.253 e. The minimum Gasteiger partial charge on any atom is -0.366 e. The molecule has 0 spiro atoms. The van der Waals surface area contributed by atoms with Crippen molar-refractivity contribution in [3.05, 3.63) is 81.8 Å². The molecule has 2 aromatic carbocycles. The van der Waals surface area contributed by atoms with Crippen molar-refractivity contribution in [3.63, 3.8) is 0 Å². The molecule has 190 valence electrons. The Hall–Kier alpha value is -3.23. The number of carbonyl (C=O) groups excluding carboxylic acids is 2. The molecule has 0 bridgehead atoms. The molecule has 2 N–H and O–H groups in total. The van der Waals surface area contributed by atoms with E-state index >= 15 is 4.39 Å². The number of hydrogen-bond donors (Lipinski definition) is 1. The van der Waals surface area contributed by atoms with Gasteiger partial charge in [0.05, 0.1) is 11.3 Å². The van der Waals surface area contributed by atoms with E-state index in [0.717, 1.165) is 38.2 Å². The number of benzene rings is 2. The second-order valence-electron chi connectivity index (χ2n) is 8.98. The molecule has 1 aliphatic rings. The van der Waals surface area contributed by atoms with Crippen LogP contribution in [0.1, 0.15) is 52.3 Å². The van der Waals surface area contributed by atoms with Gasteiger partial charge in [-0.25, -0.2) is 4.39 Å². The van der Waals surface area contributed by atoms with E-state index in [1.165, 1.54) is 17.0 Å². The molecule has 1 saturated heterocycles. The van der Waals surface area contributed by atoms with E-state index in [1.54, 1.807) is 34.4 Å². The highest BCUT2D eigenvalue weighted by Gasteiger charge is 2.30. The van der Waals surface area contributed by atoms with Crippen LogP contribution in [0, 0.1) is 5.82 Å². The molecule has 1 aromatic heterocycles. The van der Waals surface area contributed by atoms with E-state index in [1.807, 2.05) is 30.9 Å². The molecule has 0 radical (unpaired) electrons. The van der Waals surface area contributed by atoms with E-state index in [9.17, 15) is 9.59 Å². The predicted molar refractivity (Wildman–Crippen MR) is 143 cm³/mol. The molecule has 0 saturated carbocycles. The Morgan fingerprint density at radius 1 is 1.03 bits per heavy atom. The number of rotatable bonds is 9. The Morgan fingerprint density at radius 3 is 2.31 bits per heavy atom. The van der Waals surface area contributed by atoms with Gasteiger partial charge in [-0.15, -0.1) is 11.3 Å². The van der Waals surface area contributed by atoms with E-state index in [-0.39, 0.29) is 23.2 Å². The quantitative estimate of drug-likeness (QED) is 0.428. The van der Waals surface area contributed by atoms with E-state index in [2.05, 4.69) is 22.4 Å². The number of nitrogens with zero attached hydrogens (tertiary/aromatic N) is 3. The Morgan fingerprint density at radius 2 is 1.72 bits per heavy atom. The lowest BCUT2D eigenvalue weighted by molar-refractivity contribution is 0.0772. The Labute approximate surface area is 216 Å². The Balaban J connectivity index is 1.65. The molecule has 0 unspecified atom stereocenters. The number of carbonyl (C=O) groups is 2. The normalized spacial score (nSPS) is 14.5. The van der Waals surface area contributed by atoms with E-state index in [0.29, 0.717) is 18.7 Å². The van der Waals surface area contributed by atoms with E-state index < -0.39 is 11.7 Å². The van der Waals surface area contributed by atoms with Crippen molar-refractivity contribution < 1.29 is 14.0 Å². The van der Waals surface area contributed by atoms with Crippen molar-refractivity contribution in [2.75, 3.05) is 31.1 Å². The number of thiophene rings is 1.